The van der Waals surface area contributed by atoms with E-state index in [1.54, 1.807) is 24.7 Å². The summed E-state index contributed by atoms with van der Waals surface area (Å²) in [7, 11) is 0. The zero-order chi connectivity index (χ0) is 10.7. The average molecular weight is 261 g/mol. The molecule has 5 heteroatoms. The van der Waals surface area contributed by atoms with Crippen molar-refractivity contribution < 1.29 is 0 Å². The van der Waals surface area contributed by atoms with Crippen molar-refractivity contribution in [2.75, 3.05) is 0 Å². The van der Waals surface area contributed by atoms with Gasteiger partial charge in [-0.15, -0.1) is 0 Å². The first-order valence-corrected chi connectivity index (χ1v) is 4.93. The number of hydrogen-bond acceptors (Lipinski definition) is 4. The van der Waals surface area contributed by atoms with E-state index in [9.17, 15) is 0 Å². The fourth-order valence-corrected chi connectivity index (χ4v) is 1.38. The van der Waals surface area contributed by atoms with Gasteiger partial charge in [0.15, 0.2) is 4.73 Å². The highest BCUT2D eigenvalue weighted by molar-refractivity contribution is 9.10. The van der Waals surface area contributed by atoms with Gasteiger partial charge in [0.1, 0.15) is 11.8 Å². The van der Waals surface area contributed by atoms with E-state index < -0.39 is 0 Å². The van der Waals surface area contributed by atoms with Gasteiger partial charge in [-0.05, 0) is 28.1 Å². The molecule has 0 aromatic carbocycles. The maximum Gasteiger partial charge on any atom is 0.196 e. The van der Waals surface area contributed by atoms with Crippen LogP contribution in [0.2, 0.25) is 0 Å². The van der Waals surface area contributed by atoms with Crippen molar-refractivity contribution in [3.05, 3.63) is 41.2 Å². The van der Waals surface area contributed by atoms with Gasteiger partial charge in [0.2, 0.25) is 0 Å². The van der Waals surface area contributed by atoms with Crippen LogP contribution in [0.25, 0.3) is 11.1 Å². The lowest BCUT2D eigenvalue weighted by Gasteiger charge is -2.01. The third-order valence-electron chi connectivity index (χ3n) is 1.84. The molecule has 0 radical (unpaired) electrons. The Hall–Kier alpha value is -1.80. The van der Waals surface area contributed by atoms with Crippen LogP contribution in [0.4, 0.5) is 0 Å². The smallest absolute Gasteiger partial charge is 0.196 e. The first-order chi connectivity index (χ1) is 7.31. The Labute approximate surface area is 94.8 Å². The summed E-state index contributed by atoms with van der Waals surface area (Å²) in [6, 6.07) is 5.62. The van der Waals surface area contributed by atoms with Crippen molar-refractivity contribution in [3.8, 4) is 17.2 Å². The maximum atomic E-state index is 8.87. The van der Waals surface area contributed by atoms with Crippen LogP contribution < -0.4 is 0 Å². The van der Waals surface area contributed by atoms with Crippen LogP contribution in [0.1, 0.15) is 5.69 Å². The second-order valence-corrected chi connectivity index (χ2v) is 3.46. The van der Waals surface area contributed by atoms with E-state index in [0.717, 1.165) is 11.1 Å². The predicted octanol–water partition coefficient (Wildman–Crippen LogP) is 2.17. The quantitative estimate of drug-likeness (QED) is 0.738. The van der Waals surface area contributed by atoms with Gasteiger partial charge in [0.25, 0.3) is 0 Å². The van der Waals surface area contributed by atoms with Gasteiger partial charge in [-0.2, -0.15) is 5.26 Å². The van der Waals surface area contributed by atoms with Crippen LogP contribution in [-0.2, 0) is 0 Å². The van der Waals surface area contributed by atoms with Crippen LogP contribution in [0.3, 0.4) is 0 Å². The molecule has 15 heavy (non-hydrogen) atoms. The van der Waals surface area contributed by atoms with E-state index in [4.69, 9.17) is 5.26 Å². The summed E-state index contributed by atoms with van der Waals surface area (Å²) in [6.45, 7) is 0. The third kappa shape index (κ3) is 2.00. The van der Waals surface area contributed by atoms with E-state index in [1.165, 1.54) is 0 Å². The van der Waals surface area contributed by atoms with Crippen molar-refractivity contribution in [3.63, 3.8) is 0 Å². The Morgan fingerprint density at radius 3 is 2.60 bits per heavy atom. The SMILES string of the molecule is N#Cc1ncccc1-c1cnc(Br)nc1. The molecule has 0 fully saturated rings. The second-order valence-electron chi connectivity index (χ2n) is 2.75. The molecule has 0 atom stereocenters. The number of nitrogens with zero attached hydrogens (tertiary/aromatic N) is 4. The molecule has 0 unspecified atom stereocenters. The van der Waals surface area contributed by atoms with E-state index in [0.29, 0.717) is 10.4 Å². The zero-order valence-corrected chi connectivity index (χ0v) is 9.14. The van der Waals surface area contributed by atoms with Gasteiger partial charge in [0, 0.05) is 29.7 Å². The summed E-state index contributed by atoms with van der Waals surface area (Å²) in [4.78, 5) is 12.0. The second kappa shape index (κ2) is 4.15. The predicted molar refractivity (Wildman–Crippen MR) is 57.7 cm³/mol. The van der Waals surface area contributed by atoms with Gasteiger partial charge in [0.05, 0.1) is 0 Å². The monoisotopic (exact) mass is 260 g/mol. The first-order valence-electron chi connectivity index (χ1n) is 4.14. The fourth-order valence-electron chi connectivity index (χ4n) is 1.18. The first kappa shape index (κ1) is 9.74. The van der Waals surface area contributed by atoms with Crippen molar-refractivity contribution in [2.45, 2.75) is 0 Å². The van der Waals surface area contributed by atoms with Gasteiger partial charge >= 0.3 is 0 Å². The number of pyridine rings is 1. The molecule has 0 aliphatic rings. The molecule has 2 rings (SSSR count). The molecule has 0 spiro atoms. The highest BCUT2D eigenvalue weighted by Crippen LogP contribution is 2.20. The number of halogens is 1. The molecule has 0 saturated carbocycles. The van der Waals surface area contributed by atoms with Gasteiger partial charge in [-0.1, -0.05) is 0 Å². The zero-order valence-electron chi connectivity index (χ0n) is 7.55. The van der Waals surface area contributed by atoms with Crippen LogP contribution in [0, 0.1) is 11.3 Å². The van der Waals surface area contributed by atoms with Crippen LogP contribution >= 0.6 is 15.9 Å². The molecule has 0 N–H and O–H groups in total. The Kier molecular flexibility index (Phi) is 2.70. The number of hydrogen-bond donors (Lipinski definition) is 0. The molecule has 2 heterocycles. The van der Waals surface area contributed by atoms with Crippen molar-refractivity contribution in [1.82, 2.24) is 15.0 Å². The normalized spacial score (nSPS) is 9.60. The lowest BCUT2D eigenvalue weighted by molar-refractivity contribution is 1.11. The largest absolute Gasteiger partial charge is 0.245 e. The van der Waals surface area contributed by atoms with Crippen LogP contribution in [0.15, 0.2) is 35.5 Å². The molecular formula is C10H5BrN4. The molecule has 4 nitrogen and oxygen atoms in total. The minimum atomic E-state index is 0.378. The average Bonchev–Trinajstić information content (AvgIpc) is 2.30. The van der Waals surface area contributed by atoms with Gasteiger partial charge in [-0.25, -0.2) is 15.0 Å². The summed E-state index contributed by atoms with van der Waals surface area (Å²) in [6.07, 6.45) is 4.88. The minimum absolute atomic E-state index is 0.378. The van der Waals surface area contributed by atoms with E-state index in [-0.39, 0.29) is 0 Å². The van der Waals surface area contributed by atoms with Crippen molar-refractivity contribution >= 4 is 15.9 Å². The third-order valence-corrected chi connectivity index (χ3v) is 2.25. The minimum Gasteiger partial charge on any atom is -0.245 e. The fraction of sp³-hybridized carbons (Fsp3) is 0. The van der Waals surface area contributed by atoms with Crippen LogP contribution in [-0.4, -0.2) is 15.0 Å². The topological polar surface area (TPSA) is 62.5 Å². The molecule has 2 aromatic rings. The summed E-state index contributed by atoms with van der Waals surface area (Å²) < 4.78 is 0.522. The number of rotatable bonds is 1. The van der Waals surface area contributed by atoms with E-state index in [1.807, 2.05) is 12.1 Å². The lowest BCUT2D eigenvalue weighted by atomic mass is 10.1. The number of aromatic nitrogens is 3. The Morgan fingerprint density at radius 2 is 1.93 bits per heavy atom. The lowest BCUT2D eigenvalue weighted by Crippen LogP contribution is -1.90. The molecule has 0 amide bonds. The summed E-state index contributed by atoms with van der Waals surface area (Å²) in [5, 5.41) is 8.87. The maximum absolute atomic E-state index is 8.87. The summed E-state index contributed by atoms with van der Waals surface area (Å²) in [5.41, 5.74) is 1.90. The Morgan fingerprint density at radius 1 is 1.20 bits per heavy atom. The molecule has 0 aliphatic heterocycles. The van der Waals surface area contributed by atoms with E-state index >= 15 is 0 Å². The standard InChI is InChI=1S/C10H5BrN4/c11-10-14-5-7(6-15-10)8-2-1-3-13-9(8)4-12/h1-3,5-6H. The van der Waals surface area contributed by atoms with Crippen LogP contribution in [0.5, 0.6) is 0 Å². The van der Waals surface area contributed by atoms with Crippen molar-refractivity contribution in [1.29, 1.82) is 5.26 Å². The molecule has 0 aliphatic carbocycles. The van der Waals surface area contributed by atoms with Crippen molar-refractivity contribution in [2.24, 2.45) is 0 Å². The molecule has 0 saturated heterocycles. The van der Waals surface area contributed by atoms with E-state index in [2.05, 4.69) is 30.9 Å². The van der Waals surface area contributed by atoms with Gasteiger partial charge < -0.3 is 0 Å². The Balaban J connectivity index is 2.55. The van der Waals surface area contributed by atoms with Gasteiger partial charge in [-0.3, -0.25) is 0 Å². The summed E-state index contributed by atoms with van der Waals surface area (Å²) in [5.74, 6) is 0. The molecule has 0 bridgehead atoms. The highest BCUT2D eigenvalue weighted by Gasteiger charge is 2.05. The molecule has 72 valence electrons. The molecule has 2 aromatic heterocycles. The Bertz CT molecular complexity index is 516. The highest BCUT2D eigenvalue weighted by atomic mass is 79.9. The molecular weight excluding hydrogens is 256 g/mol. The summed E-state index contributed by atoms with van der Waals surface area (Å²) >= 11 is 3.15. The number of nitriles is 1.